The number of aliphatic hydroxyl groups excluding tert-OH is 1. The highest BCUT2D eigenvalue weighted by Crippen LogP contribution is 2.51. The summed E-state index contributed by atoms with van der Waals surface area (Å²) in [5.41, 5.74) is 11.5. The van der Waals surface area contributed by atoms with Gasteiger partial charge in [-0.1, -0.05) is 12.2 Å². The third-order valence-electron chi connectivity index (χ3n) is 7.08. The zero-order valence-corrected chi connectivity index (χ0v) is 24.2. The van der Waals surface area contributed by atoms with Gasteiger partial charge in [-0.15, -0.1) is 9.05 Å². The first-order valence-electron chi connectivity index (χ1n) is 12.5. The van der Waals surface area contributed by atoms with E-state index < -0.39 is 77.1 Å². The van der Waals surface area contributed by atoms with Gasteiger partial charge in [0, 0.05) is 4.57 Å². The van der Waals surface area contributed by atoms with Crippen LogP contribution in [0.25, 0.3) is 22.3 Å². The smallest absolute Gasteiger partial charge is 0.387 e. The molecule has 0 radical (unpaired) electrons. The molecule has 6 N–H and O–H groups in total. The van der Waals surface area contributed by atoms with Gasteiger partial charge < -0.3 is 35.1 Å². The van der Waals surface area contributed by atoms with Crippen LogP contribution in [0.1, 0.15) is 12.5 Å². The number of anilines is 2. The van der Waals surface area contributed by atoms with Crippen molar-refractivity contribution in [3.05, 3.63) is 29.3 Å². The number of nitrogen functional groups attached to an aromatic ring is 2. The number of alkyl halides is 1. The molecule has 23 heteroatoms. The first-order valence-corrected chi connectivity index (χ1v) is 16.0. The summed E-state index contributed by atoms with van der Waals surface area (Å²) in [4.78, 5) is 35.0. The number of hydrogen-bond donors (Lipinski definition) is 5. The van der Waals surface area contributed by atoms with Crippen molar-refractivity contribution in [3.8, 4) is 0 Å². The van der Waals surface area contributed by atoms with E-state index in [-0.39, 0.29) is 40.7 Å². The van der Waals surface area contributed by atoms with Gasteiger partial charge in [-0.2, -0.15) is 4.98 Å². The molecule has 0 aliphatic carbocycles. The Labute approximate surface area is 246 Å². The maximum atomic E-state index is 15.8. The molecule has 0 saturated carbocycles. The number of aromatic amines is 1. The Morgan fingerprint density at radius 3 is 2.60 bits per heavy atom. The molecule has 3 fully saturated rings. The number of rotatable bonds is 2. The van der Waals surface area contributed by atoms with Gasteiger partial charge in [0.2, 0.25) is 13.5 Å². The Morgan fingerprint density at radius 2 is 1.79 bits per heavy atom. The van der Waals surface area contributed by atoms with Crippen molar-refractivity contribution in [1.29, 1.82) is 0 Å². The van der Waals surface area contributed by atoms with Gasteiger partial charge in [0.25, 0.3) is 5.56 Å². The number of aliphatic hydroxyl groups is 1. The van der Waals surface area contributed by atoms with Crippen LogP contribution in [0.2, 0.25) is 0 Å². The number of nitrogens with two attached hydrogens (primary N) is 2. The lowest BCUT2D eigenvalue weighted by molar-refractivity contribution is -0.0541. The number of ether oxygens (including phenoxy) is 2. The predicted molar refractivity (Wildman–Crippen MR) is 146 cm³/mol. The third kappa shape index (κ3) is 5.04. The van der Waals surface area contributed by atoms with E-state index in [1.807, 2.05) is 0 Å². The molecule has 3 aliphatic rings. The molecule has 10 atom stereocenters. The molecule has 228 valence electrons. The monoisotopic (exact) mass is 659 g/mol. The van der Waals surface area contributed by atoms with E-state index in [4.69, 9.17) is 39.0 Å². The molecule has 3 aliphatic heterocycles. The Bertz CT molecular complexity index is 1760. The number of imidazole rings is 2. The van der Waals surface area contributed by atoms with Crippen molar-refractivity contribution < 1.29 is 41.6 Å². The minimum Gasteiger partial charge on any atom is -0.387 e. The van der Waals surface area contributed by atoms with Crippen LogP contribution in [0.4, 0.5) is 16.2 Å². The predicted octanol–water partition coefficient (Wildman–Crippen LogP) is 0.249. The molecule has 43 heavy (non-hydrogen) atoms. The Morgan fingerprint density at radius 1 is 1.05 bits per heavy atom. The molecule has 7 heterocycles. The minimum atomic E-state index is -2.94. The number of thiol groups is 1. The normalized spacial score (nSPS) is 34.6. The molecule has 0 spiro atoms. The van der Waals surface area contributed by atoms with E-state index in [0.717, 1.165) is 0 Å². The van der Waals surface area contributed by atoms with Crippen molar-refractivity contribution in [1.82, 2.24) is 39.0 Å². The second kappa shape index (κ2) is 11.2. The number of fused-ring (bicyclic) bond motifs is 5. The first kappa shape index (κ1) is 28.8. The Balaban J connectivity index is 1.16. The number of nitrogens with zero attached hydrogens (tertiary/aromatic N) is 7. The van der Waals surface area contributed by atoms with Gasteiger partial charge in [-0.3, -0.25) is 18.9 Å². The SMILES string of the molecule is Nc1nc2c(ncn2C2OC3CO[P+](=O)OC4C(CO[P@@](S)OC2C3O)OC(n2cnc3c(N)ncnc32)C4F)c(=O)[nH]1. The molecule has 7 rings (SSSR count). The van der Waals surface area contributed by atoms with Gasteiger partial charge in [0.05, 0.1) is 19.3 Å². The average Bonchev–Trinajstić information content (AvgIpc) is 3.72. The zero-order valence-electron chi connectivity index (χ0n) is 21.5. The molecule has 3 saturated heterocycles. The first-order chi connectivity index (χ1) is 20.7. The molecular weight excluding hydrogens is 637 g/mol. The summed E-state index contributed by atoms with van der Waals surface area (Å²) in [6, 6.07) is 0. The van der Waals surface area contributed by atoms with Crippen LogP contribution >= 0.6 is 28.1 Å². The van der Waals surface area contributed by atoms with Gasteiger partial charge >= 0.3 is 8.25 Å². The second-order valence-electron chi connectivity index (χ2n) is 9.62. The van der Waals surface area contributed by atoms with Crippen molar-refractivity contribution in [2.45, 2.75) is 49.1 Å². The lowest BCUT2D eigenvalue weighted by Gasteiger charge is -2.25. The van der Waals surface area contributed by atoms with Crippen LogP contribution in [0.3, 0.4) is 0 Å². The fourth-order valence-electron chi connectivity index (χ4n) is 5.09. The standard InChI is InChI=1S/C20H21FN10O9P2S/c21-8-12-7(38-18(8)30-4-26-9-14(22)24-3-25-15(9)30)2-36-42(43)40-13-11(32)6(1-35-41(34)39-12)37-19(13)31-5-27-10-16(31)28-20(23)29-17(10)33/h3-8,11-13,18-19,32,43H,1-2H2,(H4-,22,23,24,25,28,29,33)/p+1/t6?,7?,8?,11?,12?,13?,18?,19?,42-/m1/s1. The van der Waals surface area contributed by atoms with E-state index in [1.54, 1.807) is 0 Å². The molecule has 0 aromatic carbocycles. The summed E-state index contributed by atoms with van der Waals surface area (Å²) in [6.07, 6.45) is -6.65. The number of nitrogens with one attached hydrogen (secondary N) is 1. The number of aromatic nitrogens is 8. The summed E-state index contributed by atoms with van der Waals surface area (Å²) in [5, 5.41) is 11.1. The highest BCUT2D eigenvalue weighted by molar-refractivity contribution is 8.41. The molecule has 4 aromatic rings. The highest BCUT2D eigenvalue weighted by Gasteiger charge is 2.54. The average molecular weight is 659 g/mol. The van der Waals surface area contributed by atoms with Crippen LogP contribution in [0.15, 0.2) is 23.8 Å². The minimum absolute atomic E-state index is 0.0272. The summed E-state index contributed by atoms with van der Waals surface area (Å²) < 4.78 is 65.8. The van der Waals surface area contributed by atoms with Gasteiger partial charge in [0.15, 0.2) is 47.4 Å². The molecule has 4 aromatic heterocycles. The van der Waals surface area contributed by atoms with Crippen molar-refractivity contribution in [2.75, 3.05) is 24.7 Å². The molecule has 2 bridgehead atoms. The van der Waals surface area contributed by atoms with Crippen LogP contribution in [-0.2, 0) is 32.1 Å². The van der Waals surface area contributed by atoms with E-state index in [9.17, 15) is 14.5 Å². The summed E-state index contributed by atoms with van der Waals surface area (Å²) in [6.45, 7) is -0.759. The topological polar surface area (TPSA) is 252 Å². The lowest BCUT2D eigenvalue weighted by atomic mass is 10.1. The van der Waals surface area contributed by atoms with E-state index >= 15 is 4.39 Å². The zero-order chi connectivity index (χ0) is 30.0. The third-order valence-corrected chi connectivity index (χ3v) is 9.28. The molecular formula is C20H22FN10O9P2S+. The van der Waals surface area contributed by atoms with Crippen LogP contribution in [-0.4, -0.2) is 94.0 Å². The maximum Gasteiger partial charge on any atom is 0.697 e. The van der Waals surface area contributed by atoms with Crippen LogP contribution in [0, 0.1) is 0 Å². The van der Waals surface area contributed by atoms with E-state index in [1.165, 1.54) is 28.1 Å². The van der Waals surface area contributed by atoms with Gasteiger partial charge in [-0.25, -0.2) is 24.3 Å². The number of H-pyrrole nitrogens is 1. The van der Waals surface area contributed by atoms with E-state index in [0.29, 0.717) is 0 Å². The Hall–Kier alpha value is -2.97. The summed E-state index contributed by atoms with van der Waals surface area (Å²) in [7, 11) is -5.00. The van der Waals surface area contributed by atoms with Crippen molar-refractivity contribution in [2.24, 2.45) is 0 Å². The highest BCUT2D eigenvalue weighted by atomic mass is 32.7. The molecule has 9 unspecified atom stereocenters. The largest absolute Gasteiger partial charge is 0.697 e. The molecule has 19 nitrogen and oxygen atoms in total. The summed E-state index contributed by atoms with van der Waals surface area (Å²) in [5.74, 6) is -0.0675. The van der Waals surface area contributed by atoms with Crippen LogP contribution < -0.4 is 17.0 Å². The molecule has 0 amide bonds. The van der Waals surface area contributed by atoms with E-state index in [2.05, 4.69) is 42.2 Å². The fraction of sp³-hybridized carbons (Fsp3) is 0.500. The van der Waals surface area contributed by atoms with Crippen molar-refractivity contribution in [3.63, 3.8) is 0 Å². The fourth-order valence-corrected chi connectivity index (χ4v) is 7.17. The number of halogens is 1. The van der Waals surface area contributed by atoms with Gasteiger partial charge in [-0.05, 0) is 0 Å². The Kier molecular flexibility index (Phi) is 7.49. The summed E-state index contributed by atoms with van der Waals surface area (Å²) >= 11 is 4.39. The second-order valence-corrected chi connectivity index (χ2v) is 12.5. The van der Waals surface area contributed by atoms with Crippen molar-refractivity contribution >= 4 is 62.2 Å². The maximum absolute atomic E-state index is 15.8. The quantitative estimate of drug-likeness (QED) is 0.143. The number of hydrogen-bond acceptors (Lipinski definition) is 17. The van der Waals surface area contributed by atoms with Gasteiger partial charge in [0.1, 0.15) is 42.9 Å². The van der Waals surface area contributed by atoms with Crippen LogP contribution in [0.5, 0.6) is 0 Å². The lowest BCUT2D eigenvalue weighted by Crippen LogP contribution is -2.34.